The zero-order valence-electron chi connectivity index (χ0n) is 19.3. The van der Waals surface area contributed by atoms with Crippen LogP contribution in [0.5, 0.6) is 5.75 Å². The van der Waals surface area contributed by atoms with Gasteiger partial charge in [0, 0.05) is 14.1 Å². The van der Waals surface area contributed by atoms with E-state index in [2.05, 4.69) is 9.98 Å². The number of rotatable bonds is 4. The molecule has 0 saturated heterocycles. The summed E-state index contributed by atoms with van der Waals surface area (Å²) in [5.74, 6) is -1.32. The lowest BCUT2D eigenvalue weighted by molar-refractivity contribution is -0.138. The molecule has 1 aromatic heterocycles. The number of aromatic hydroxyl groups is 1. The number of phenols is 1. The average Bonchev–Trinajstić information content (AvgIpc) is 3.10. The van der Waals surface area contributed by atoms with Gasteiger partial charge in [0.2, 0.25) is 0 Å². The van der Waals surface area contributed by atoms with Gasteiger partial charge in [-0.2, -0.15) is 13.2 Å². The van der Waals surface area contributed by atoms with Gasteiger partial charge in [-0.05, 0) is 36.6 Å². The van der Waals surface area contributed by atoms with Crippen molar-refractivity contribution in [2.45, 2.75) is 39.9 Å². The Morgan fingerprint density at radius 2 is 1.70 bits per heavy atom. The van der Waals surface area contributed by atoms with Gasteiger partial charge in [0.15, 0.2) is 17.4 Å². The highest BCUT2D eigenvalue weighted by Crippen LogP contribution is 2.41. The predicted octanol–water partition coefficient (Wildman–Crippen LogP) is 4.15. The molecule has 0 aliphatic rings. The number of halogens is 3. The minimum atomic E-state index is -4.87. The first-order valence-electron chi connectivity index (χ1n) is 9.93. The minimum Gasteiger partial charge on any atom is -0.505 e. The summed E-state index contributed by atoms with van der Waals surface area (Å²) in [7, 11) is 2.53. The molecule has 2 rings (SSSR count). The summed E-state index contributed by atoms with van der Waals surface area (Å²) in [6.07, 6.45) is -4.87. The number of hydrogen-bond acceptors (Lipinski definition) is 5. The zero-order chi connectivity index (χ0) is 25.3. The number of amides is 1. The van der Waals surface area contributed by atoms with E-state index in [1.807, 2.05) is 20.8 Å². The average molecular weight is 467 g/mol. The second-order valence-electron chi connectivity index (χ2n) is 8.78. The Balaban J connectivity index is 2.57. The normalized spacial score (nSPS) is 14.3. The van der Waals surface area contributed by atoms with Crippen molar-refractivity contribution in [3.05, 3.63) is 46.9 Å². The molecule has 0 aliphatic heterocycles. The van der Waals surface area contributed by atoms with Crippen LogP contribution in [-0.4, -0.2) is 41.7 Å². The molecule has 0 unspecified atom stereocenters. The highest BCUT2D eigenvalue weighted by Gasteiger charge is 2.38. The molecular weight excluding hydrogens is 439 g/mol. The van der Waals surface area contributed by atoms with E-state index in [9.17, 15) is 23.1 Å². The fraction of sp³-hybridized carbons (Fsp3) is 0.409. The molecule has 180 valence electrons. The molecule has 0 bridgehead atoms. The third-order valence-corrected chi connectivity index (χ3v) is 4.70. The number of phenolic OH excluding ortho intramolecular Hbond substituents is 1. The van der Waals surface area contributed by atoms with Crippen LogP contribution >= 0.6 is 0 Å². The summed E-state index contributed by atoms with van der Waals surface area (Å²) >= 11 is 0. The molecule has 0 radical (unpaired) electrons. The topological polar surface area (TPSA) is 130 Å². The van der Waals surface area contributed by atoms with E-state index < -0.39 is 40.4 Å². The Morgan fingerprint density at radius 1 is 1.09 bits per heavy atom. The minimum absolute atomic E-state index is 0.205. The molecule has 33 heavy (non-hydrogen) atoms. The molecule has 0 saturated carbocycles. The molecule has 1 atom stereocenters. The second-order valence-corrected chi connectivity index (χ2v) is 8.78. The van der Waals surface area contributed by atoms with Gasteiger partial charge in [-0.25, -0.2) is 4.99 Å². The quantitative estimate of drug-likeness (QED) is 0.459. The molecule has 5 N–H and O–H groups in total. The maximum Gasteiger partial charge on any atom is 0.417 e. The van der Waals surface area contributed by atoms with E-state index >= 15 is 0 Å². The number of hydrogen-bond donors (Lipinski definition) is 3. The summed E-state index contributed by atoms with van der Waals surface area (Å²) in [5.41, 5.74) is 8.95. The highest BCUT2D eigenvalue weighted by atomic mass is 19.4. The molecule has 0 aliphatic carbocycles. The van der Waals surface area contributed by atoms with E-state index in [4.69, 9.17) is 15.9 Å². The lowest BCUT2D eigenvalue weighted by atomic mass is 9.85. The molecule has 8 nitrogen and oxygen atoms in total. The van der Waals surface area contributed by atoms with Crippen LogP contribution in [0, 0.1) is 12.3 Å². The number of alkyl halides is 3. The molecule has 2 aromatic rings. The number of carbonyl (C=O) groups excluding carboxylic acids is 1. The van der Waals surface area contributed by atoms with Gasteiger partial charge in [-0.1, -0.05) is 20.8 Å². The first kappa shape index (κ1) is 25.8. The Hall–Kier alpha value is -3.50. The van der Waals surface area contributed by atoms with Crippen LogP contribution in [0.15, 0.2) is 38.7 Å². The van der Waals surface area contributed by atoms with Gasteiger partial charge in [0.05, 0.1) is 11.1 Å². The van der Waals surface area contributed by atoms with Gasteiger partial charge in [-0.3, -0.25) is 9.79 Å². The number of aryl methyl sites for hydroxylation is 1. The Kier molecular flexibility index (Phi) is 7.15. The van der Waals surface area contributed by atoms with Crippen molar-refractivity contribution >= 4 is 23.3 Å². The van der Waals surface area contributed by atoms with E-state index in [0.29, 0.717) is 17.6 Å². The maximum atomic E-state index is 13.4. The van der Waals surface area contributed by atoms with Gasteiger partial charge in [0.25, 0.3) is 5.91 Å². The summed E-state index contributed by atoms with van der Waals surface area (Å²) in [5, 5.41) is 10.5. The van der Waals surface area contributed by atoms with Crippen molar-refractivity contribution in [1.29, 1.82) is 0 Å². The lowest BCUT2D eigenvalue weighted by Gasteiger charge is -2.26. The SMILES string of the molecule is Cc1ccc([C@H](N=C(N)C(N)=Nc2ccc(C(F)(F)F)c(C(=O)N(C)C)c2O)C(C)(C)C)o1. The number of nitrogens with two attached hydrogens (primary N) is 2. The van der Waals surface area contributed by atoms with E-state index in [1.54, 1.807) is 19.1 Å². The maximum absolute atomic E-state index is 13.4. The lowest BCUT2D eigenvalue weighted by Crippen LogP contribution is -2.33. The largest absolute Gasteiger partial charge is 0.505 e. The Morgan fingerprint density at radius 3 is 2.15 bits per heavy atom. The van der Waals surface area contributed by atoms with Crippen molar-refractivity contribution in [2.75, 3.05) is 14.1 Å². The predicted molar refractivity (Wildman–Crippen MR) is 120 cm³/mol. The van der Waals surface area contributed by atoms with Crippen LogP contribution in [0.3, 0.4) is 0 Å². The standard InChI is InChI=1S/C22H28F3N5O3/c1-11-7-10-14(33-11)17(21(2,3)4)29-19(27)18(26)28-13-9-8-12(22(23,24)25)15(16(13)31)20(32)30(5)6/h7-10,17,31H,1-6H3,(H2,26,28)(H2,27,29)/t17-/m0/s1. The monoisotopic (exact) mass is 467 g/mol. The first-order valence-corrected chi connectivity index (χ1v) is 9.93. The van der Waals surface area contributed by atoms with E-state index in [-0.39, 0.29) is 17.4 Å². The fourth-order valence-electron chi connectivity index (χ4n) is 3.02. The van der Waals surface area contributed by atoms with Gasteiger partial charge >= 0.3 is 6.18 Å². The Labute approximate surface area is 189 Å². The van der Waals surface area contributed by atoms with Crippen LogP contribution in [0.1, 0.15) is 54.3 Å². The summed E-state index contributed by atoms with van der Waals surface area (Å²) in [6.45, 7) is 7.54. The van der Waals surface area contributed by atoms with Crippen LogP contribution in [0.25, 0.3) is 0 Å². The van der Waals surface area contributed by atoms with E-state index in [1.165, 1.54) is 14.1 Å². The number of benzene rings is 1. The number of carbonyl (C=O) groups is 1. The van der Waals surface area contributed by atoms with Gasteiger partial charge in [0.1, 0.15) is 23.2 Å². The summed E-state index contributed by atoms with van der Waals surface area (Å²) < 4.78 is 45.9. The molecule has 1 aromatic carbocycles. The van der Waals surface area contributed by atoms with Crippen LogP contribution < -0.4 is 11.5 Å². The second kappa shape index (κ2) is 9.16. The number of amidine groups is 2. The number of aliphatic imine (C=N–C) groups is 2. The molecule has 0 spiro atoms. The Bertz CT molecular complexity index is 1100. The van der Waals surface area contributed by atoms with E-state index in [0.717, 1.165) is 11.0 Å². The van der Waals surface area contributed by atoms with Gasteiger partial charge in [-0.15, -0.1) is 0 Å². The summed E-state index contributed by atoms with van der Waals surface area (Å²) in [6, 6.07) is 4.56. The highest BCUT2D eigenvalue weighted by molar-refractivity contribution is 6.39. The first-order chi connectivity index (χ1) is 15.0. The van der Waals surface area contributed by atoms with Crippen molar-refractivity contribution < 1.29 is 27.5 Å². The fourth-order valence-corrected chi connectivity index (χ4v) is 3.02. The van der Waals surface area contributed by atoms with Gasteiger partial charge < -0.3 is 25.9 Å². The smallest absolute Gasteiger partial charge is 0.417 e. The third-order valence-electron chi connectivity index (χ3n) is 4.70. The molecule has 0 fully saturated rings. The molecule has 1 amide bonds. The van der Waals surface area contributed by atoms with Crippen molar-refractivity contribution in [3.8, 4) is 5.75 Å². The molecular formula is C22H28F3N5O3. The number of furan rings is 1. The van der Waals surface area contributed by atoms with Crippen molar-refractivity contribution in [1.82, 2.24) is 4.90 Å². The van der Waals surface area contributed by atoms with Crippen LogP contribution in [-0.2, 0) is 6.18 Å². The molecule has 11 heteroatoms. The zero-order valence-corrected chi connectivity index (χ0v) is 19.3. The van der Waals surface area contributed by atoms with Crippen LogP contribution in [0.4, 0.5) is 18.9 Å². The van der Waals surface area contributed by atoms with Crippen molar-refractivity contribution in [3.63, 3.8) is 0 Å². The van der Waals surface area contributed by atoms with Crippen molar-refractivity contribution in [2.24, 2.45) is 26.9 Å². The third kappa shape index (κ3) is 5.85. The molecule has 1 heterocycles. The van der Waals surface area contributed by atoms with Crippen LogP contribution in [0.2, 0.25) is 0 Å². The summed E-state index contributed by atoms with van der Waals surface area (Å²) in [4.78, 5) is 21.6. The number of nitrogens with zero attached hydrogens (tertiary/aromatic N) is 3.